The van der Waals surface area contributed by atoms with Crippen LogP contribution in [0.3, 0.4) is 0 Å². The lowest BCUT2D eigenvalue weighted by Gasteiger charge is -2.08. The summed E-state index contributed by atoms with van der Waals surface area (Å²) >= 11 is 5.86. The average Bonchev–Trinajstić information content (AvgIpc) is 3.06. The van der Waals surface area contributed by atoms with Crippen LogP contribution < -0.4 is 5.32 Å². The second-order valence-corrected chi connectivity index (χ2v) is 4.79. The van der Waals surface area contributed by atoms with E-state index in [1.54, 1.807) is 0 Å². The van der Waals surface area contributed by atoms with Gasteiger partial charge in [-0.25, -0.2) is 8.78 Å². The summed E-state index contributed by atoms with van der Waals surface area (Å²) in [6, 6.07) is 2.25. The third-order valence-electron chi connectivity index (χ3n) is 2.85. The summed E-state index contributed by atoms with van der Waals surface area (Å²) in [5.41, 5.74) is -0.0411. The van der Waals surface area contributed by atoms with Crippen LogP contribution in [0.1, 0.15) is 18.7 Å². The molecule has 0 saturated heterocycles. The van der Waals surface area contributed by atoms with E-state index in [0.29, 0.717) is 18.4 Å². The molecule has 1 aromatic carbocycles. The van der Waals surface area contributed by atoms with Gasteiger partial charge in [-0.05, 0) is 29.3 Å². The Labute approximate surface area is 112 Å². The lowest BCUT2D eigenvalue weighted by atomic mass is 10.3. The fourth-order valence-corrected chi connectivity index (χ4v) is 2.02. The van der Waals surface area contributed by atoms with Crippen LogP contribution in [0.2, 0.25) is 5.02 Å². The minimum Gasteiger partial charge on any atom is -0.307 e. The number of tetrazole rings is 1. The van der Waals surface area contributed by atoms with Crippen LogP contribution in [0, 0.1) is 11.6 Å². The summed E-state index contributed by atoms with van der Waals surface area (Å²) in [7, 11) is 0. The van der Waals surface area contributed by atoms with Gasteiger partial charge in [0, 0.05) is 12.1 Å². The highest BCUT2D eigenvalue weighted by Crippen LogP contribution is 2.25. The molecule has 5 nitrogen and oxygen atoms in total. The van der Waals surface area contributed by atoms with Crippen LogP contribution in [-0.2, 0) is 6.54 Å². The van der Waals surface area contributed by atoms with Crippen molar-refractivity contribution in [1.82, 2.24) is 25.5 Å². The molecule has 0 unspecified atom stereocenters. The predicted octanol–water partition coefficient (Wildman–Crippen LogP) is 1.85. The molecule has 1 aliphatic rings. The highest BCUT2D eigenvalue weighted by molar-refractivity contribution is 6.32. The van der Waals surface area contributed by atoms with Crippen molar-refractivity contribution in [3.63, 3.8) is 0 Å². The topological polar surface area (TPSA) is 55.6 Å². The summed E-state index contributed by atoms with van der Waals surface area (Å²) in [6.07, 6.45) is 2.24. The van der Waals surface area contributed by atoms with E-state index in [-0.39, 0.29) is 10.7 Å². The lowest BCUT2D eigenvalue weighted by molar-refractivity contribution is 0.565. The molecule has 1 fully saturated rings. The normalized spacial score (nSPS) is 14.9. The molecule has 0 spiro atoms. The Balaban J connectivity index is 1.95. The molecule has 0 bridgehead atoms. The lowest BCUT2D eigenvalue weighted by Crippen LogP contribution is -2.19. The van der Waals surface area contributed by atoms with Gasteiger partial charge < -0.3 is 5.32 Å². The smallest absolute Gasteiger partial charge is 0.170 e. The fraction of sp³-hybridized carbons (Fsp3) is 0.364. The van der Waals surface area contributed by atoms with Crippen molar-refractivity contribution in [3.05, 3.63) is 34.6 Å². The first kappa shape index (κ1) is 12.4. The van der Waals surface area contributed by atoms with E-state index in [0.717, 1.165) is 25.0 Å². The molecule has 1 aliphatic carbocycles. The second kappa shape index (κ2) is 4.82. The van der Waals surface area contributed by atoms with Gasteiger partial charge >= 0.3 is 0 Å². The van der Waals surface area contributed by atoms with Crippen LogP contribution in [-0.4, -0.2) is 26.2 Å². The first-order chi connectivity index (χ1) is 9.15. The van der Waals surface area contributed by atoms with Gasteiger partial charge in [-0.15, -0.1) is 5.10 Å². The maximum absolute atomic E-state index is 13.8. The maximum atomic E-state index is 13.8. The highest BCUT2D eigenvalue weighted by atomic mass is 35.5. The zero-order valence-electron chi connectivity index (χ0n) is 9.78. The third kappa shape index (κ3) is 2.57. The van der Waals surface area contributed by atoms with Crippen LogP contribution >= 0.6 is 11.6 Å². The molecule has 0 amide bonds. The van der Waals surface area contributed by atoms with Gasteiger partial charge in [-0.2, -0.15) is 4.68 Å². The molecule has 1 aromatic heterocycles. The van der Waals surface area contributed by atoms with Crippen molar-refractivity contribution in [2.75, 3.05) is 0 Å². The fourth-order valence-electron chi connectivity index (χ4n) is 1.75. The summed E-state index contributed by atoms with van der Waals surface area (Å²) in [4.78, 5) is 0. The molecule has 0 radical (unpaired) electrons. The van der Waals surface area contributed by atoms with Crippen molar-refractivity contribution in [2.45, 2.75) is 25.4 Å². The van der Waals surface area contributed by atoms with E-state index in [1.807, 2.05) is 0 Å². The van der Waals surface area contributed by atoms with Crippen LogP contribution in [0.5, 0.6) is 0 Å². The largest absolute Gasteiger partial charge is 0.307 e. The van der Waals surface area contributed by atoms with Crippen LogP contribution in [0.15, 0.2) is 12.1 Å². The number of hydrogen-bond acceptors (Lipinski definition) is 4. The Hall–Kier alpha value is -1.60. The van der Waals surface area contributed by atoms with Gasteiger partial charge in [0.05, 0.1) is 11.6 Å². The number of aromatic nitrogens is 4. The highest BCUT2D eigenvalue weighted by Gasteiger charge is 2.22. The zero-order valence-corrected chi connectivity index (χ0v) is 10.5. The van der Waals surface area contributed by atoms with Gasteiger partial charge in [0.2, 0.25) is 0 Å². The van der Waals surface area contributed by atoms with Crippen LogP contribution in [0.4, 0.5) is 8.78 Å². The SMILES string of the molecule is Fc1cc(F)c(-n2nnnc2CNC2CC2)c(Cl)c1. The molecule has 0 aliphatic heterocycles. The molecule has 8 heteroatoms. The Bertz CT molecular complexity index is 588. The minimum absolute atomic E-state index is 0.0411. The van der Waals surface area contributed by atoms with Crippen LogP contribution in [0.25, 0.3) is 5.69 Å². The minimum atomic E-state index is -0.801. The molecule has 2 aromatic rings. The summed E-state index contributed by atoms with van der Waals surface area (Å²) < 4.78 is 28.0. The Kier molecular flexibility index (Phi) is 3.16. The Morgan fingerprint density at radius 3 is 2.84 bits per heavy atom. The summed E-state index contributed by atoms with van der Waals surface area (Å²) in [6.45, 7) is 0.408. The van der Waals surface area contributed by atoms with Gasteiger partial charge in [0.25, 0.3) is 0 Å². The molecular weight excluding hydrogens is 276 g/mol. The molecule has 1 saturated carbocycles. The number of halogens is 3. The van der Waals surface area contributed by atoms with Gasteiger partial charge in [-0.1, -0.05) is 11.6 Å². The van der Waals surface area contributed by atoms with Crippen molar-refractivity contribution < 1.29 is 8.78 Å². The molecule has 3 rings (SSSR count). The van der Waals surface area contributed by atoms with Gasteiger partial charge in [0.15, 0.2) is 11.6 Å². The van der Waals surface area contributed by atoms with Crippen molar-refractivity contribution in [2.24, 2.45) is 0 Å². The number of nitrogens with one attached hydrogen (secondary N) is 1. The van der Waals surface area contributed by atoms with E-state index in [9.17, 15) is 8.78 Å². The van der Waals surface area contributed by atoms with E-state index in [4.69, 9.17) is 11.6 Å². The van der Waals surface area contributed by atoms with E-state index in [1.165, 1.54) is 4.68 Å². The first-order valence-electron chi connectivity index (χ1n) is 5.80. The second-order valence-electron chi connectivity index (χ2n) is 4.38. The molecule has 1 N–H and O–H groups in total. The van der Waals surface area contributed by atoms with E-state index >= 15 is 0 Å². The summed E-state index contributed by atoms with van der Waals surface area (Å²) in [5, 5.41) is 14.2. The Morgan fingerprint density at radius 2 is 2.16 bits per heavy atom. The monoisotopic (exact) mass is 285 g/mol. The molecule has 1 heterocycles. The number of rotatable bonds is 4. The van der Waals surface area contributed by atoms with E-state index < -0.39 is 11.6 Å². The average molecular weight is 286 g/mol. The first-order valence-corrected chi connectivity index (χ1v) is 6.18. The van der Waals surface area contributed by atoms with Crippen molar-refractivity contribution in [3.8, 4) is 5.69 Å². The number of nitrogens with zero attached hydrogens (tertiary/aromatic N) is 4. The number of benzene rings is 1. The molecule has 19 heavy (non-hydrogen) atoms. The quantitative estimate of drug-likeness (QED) is 0.931. The Morgan fingerprint density at radius 1 is 1.37 bits per heavy atom. The van der Waals surface area contributed by atoms with Gasteiger partial charge in [-0.3, -0.25) is 0 Å². The van der Waals surface area contributed by atoms with Gasteiger partial charge in [0.1, 0.15) is 11.5 Å². The van der Waals surface area contributed by atoms with Crippen molar-refractivity contribution >= 4 is 11.6 Å². The van der Waals surface area contributed by atoms with Crippen molar-refractivity contribution in [1.29, 1.82) is 0 Å². The molecule has 0 atom stereocenters. The standard InChI is InChI=1S/C11H10ClF2N5/c12-8-3-6(13)4-9(14)11(8)19-10(16-17-18-19)5-15-7-1-2-7/h3-4,7,15H,1-2,5H2. The molecular formula is C11H10ClF2N5. The maximum Gasteiger partial charge on any atom is 0.170 e. The number of hydrogen-bond donors (Lipinski definition) is 1. The van der Waals surface area contributed by atoms with E-state index in [2.05, 4.69) is 20.8 Å². The third-order valence-corrected chi connectivity index (χ3v) is 3.14. The zero-order chi connectivity index (χ0) is 13.4. The summed E-state index contributed by atoms with van der Waals surface area (Å²) in [5.74, 6) is -1.11. The predicted molar refractivity (Wildman–Crippen MR) is 63.9 cm³/mol. The molecule has 100 valence electrons.